The first-order valence-electron chi connectivity index (χ1n) is 12.6. The number of alkyl halides is 3. The standard InChI is InChI=1S/C28H25BrF4N2O6S/c1-35(42(40,41)18-10-11-21(29)24(36)14-18)17-8-5-15(6-9-17)19-3-2-4-20(25(19)27(38)39)26(37)34-23-12-7-16(13-22(23)30)28(31,32)33/h5-14,19-20,25,36H,2-4H2,1H3,(H,34,37)(H,38,39)/t19-,20-,25-/m1/s1. The van der Waals surface area contributed by atoms with Gasteiger partial charge in [-0.05, 0) is 82.7 Å². The maximum absolute atomic E-state index is 14.3. The molecule has 3 aromatic carbocycles. The van der Waals surface area contributed by atoms with E-state index in [2.05, 4.69) is 21.2 Å². The normalized spacial score (nSPS) is 19.2. The van der Waals surface area contributed by atoms with Gasteiger partial charge in [-0.25, -0.2) is 12.8 Å². The summed E-state index contributed by atoms with van der Waals surface area (Å²) in [5, 5.41) is 22.2. The number of carbonyl (C=O) groups excluding carboxylic acids is 1. The molecule has 1 saturated carbocycles. The van der Waals surface area contributed by atoms with Gasteiger partial charge in [-0.15, -0.1) is 0 Å². The first kappa shape index (κ1) is 31.3. The van der Waals surface area contributed by atoms with Crippen LogP contribution in [0, 0.1) is 17.7 Å². The summed E-state index contributed by atoms with van der Waals surface area (Å²) in [6.45, 7) is 0. The lowest BCUT2D eigenvalue weighted by Gasteiger charge is -2.35. The molecule has 3 N–H and O–H groups in total. The number of rotatable bonds is 7. The molecule has 1 aliphatic rings. The van der Waals surface area contributed by atoms with Crippen molar-refractivity contribution in [2.75, 3.05) is 16.7 Å². The molecule has 0 spiro atoms. The molecule has 3 aromatic rings. The number of nitrogens with one attached hydrogen (secondary N) is 1. The van der Waals surface area contributed by atoms with Crippen LogP contribution in [0.1, 0.15) is 36.3 Å². The summed E-state index contributed by atoms with van der Waals surface area (Å²) in [5.41, 5.74) is -0.921. The Morgan fingerprint density at radius 2 is 1.69 bits per heavy atom. The number of halogens is 5. The highest BCUT2D eigenvalue weighted by Crippen LogP contribution is 2.43. The molecule has 1 fully saturated rings. The molecule has 14 heteroatoms. The monoisotopic (exact) mass is 672 g/mol. The maximum Gasteiger partial charge on any atom is 0.416 e. The SMILES string of the molecule is CN(c1ccc([C@H]2CCC[C@@H](C(=O)Nc3ccc(C(F)(F)F)cc3F)[C@@H]2C(=O)O)cc1)S(=O)(=O)c1ccc(Br)c(O)c1. The topological polar surface area (TPSA) is 124 Å². The van der Waals surface area contributed by atoms with Crippen molar-refractivity contribution in [3.05, 3.63) is 82.1 Å². The van der Waals surface area contributed by atoms with E-state index >= 15 is 0 Å². The molecule has 42 heavy (non-hydrogen) atoms. The Morgan fingerprint density at radius 1 is 1.02 bits per heavy atom. The number of amides is 1. The molecule has 0 radical (unpaired) electrons. The van der Waals surface area contributed by atoms with E-state index in [1.54, 1.807) is 12.1 Å². The zero-order valence-corrected chi connectivity index (χ0v) is 24.3. The molecule has 0 heterocycles. The highest BCUT2D eigenvalue weighted by atomic mass is 79.9. The van der Waals surface area contributed by atoms with E-state index in [0.29, 0.717) is 28.9 Å². The average Bonchev–Trinajstić information content (AvgIpc) is 2.94. The predicted molar refractivity (Wildman–Crippen MR) is 149 cm³/mol. The fourth-order valence-electron chi connectivity index (χ4n) is 5.11. The first-order chi connectivity index (χ1) is 19.6. The minimum Gasteiger partial charge on any atom is -0.507 e. The number of carboxylic acid groups (broad SMARTS) is 1. The number of nitrogens with zero attached hydrogens (tertiary/aromatic N) is 1. The van der Waals surface area contributed by atoms with Crippen molar-refractivity contribution in [2.45, 2.75) is 36.3 Å². The van der Waals surface area contributed by atoms with Crippen molar-refractivity contribution in [1.29, 1.82) is 0 Å². The minimum absolute atomic E-state index is 0.147. The fourth-order valence-corrected chi connectivity index (χ4v) is 6.57. The second kappa shape index (κ2) is 11.9. The van der Waals surface area contributed by atoms with Gasteiger partial charge in [0.25, 0.3) is 10.0 Å². The lowest BCUT2D eigenvalue weighted by molar-refractivity contribution is -0.148. The van der Waals surface area contributed by atoms with Crippen LogP contribution in [0.25, 0.3) is 0 Å². The number of hydrogen-bond donors (Lipinski definition) is 3. The van der Waals surface area contributed by atoms with Crippen LogP contribution < -0.4 is 9.62 Å². The second-order valence-corrected chi connectivity index (χ2v) is 12.7. The zero-order chi connectivity index (χ0) is 31.0. The molecular weight excluding hydrogens is 648 g/mol. The summed E-state index contributed by atoms with van der Waals surface area (Å²) in [5.74, 6) is -6.63. The number of aliphatic carboxylic acids is 1. The van der Waals surface area contributed by atoms with Crippen LogP contribution in [0.4, 0.5) is 28.9 Å². The van der Waals surface area contributed by atoms with Crippen LogP contribution in [0.3, 0.4) is 0 Å². The van der Waals surface area contributed by atoms with Gasteiger partial charge in [0.1, 0.15) is 11.6 Å². The number of aromatic hydroxyl groups is 1. The molecule has 0 aromatic heterocycles. The summed E-state index contributed by atoms with van der Waals surface area (Å²) in [7, 11) is -2.72. The van der Waals surface area contributed by atoms with Crippen LogP contribution in [0.15, 0.2) is 70.0 Å². The summed E-state index contributed by atoms with van der Waals surface area (Å²) in [6, 6.07) is 11.6. The average molecular weight is 673 g/mol. The third-order valence-electron chi connectivity index (χ3n) is 7.33. The van der Waals surface area contributed by atoms with Crippen LogP contribution >= 0.6 is 15.9 Å². The van der Waals surface area contributed by atoms with Crippen LogP contribution in [-0.2, 0) is 25.8 Å². The smallest absolute Gasteiger partial charge is 0.416 e. The largest absolute Gasteiger partial charge is 0.507 e. The van der Waals surface area contributed by atoms with Crippen molar-refractivity contribution < 1.29 is 45.8 Å². The summed E-state index contributed by atoms with van der Waals surface area (Å²) < 4.78 is 80.4. The highest BCUT2D eigenvalue weighted by molar-refractivity contribution is 9.10. The number of sulfonamides is 1. The molecule has 0 unspecified atom stereocenters. The predicted octanol–water partition coefficient (Wildman–Crippen LogP) is 6.36. The second-order valence-electron chi connectivity index (χ2n) is 9.87. The van der Waals surface area contributed by atoms with E-state index in [1.807, 2.05) is 0 Å². The lowest BCUT2D eigenvalue weighted by atomic mass is 9.69. The Bertz CT molecular complexity index is 1620. The molecule has 1 amide bonds. The Hall–Kier alpha value is -3.65. The Labute approximate surface area is 247 Å². The van der Waals surface area contributed by atoms with E-state index in [9.17, 15) is 45.8 Å². The molecule has 0 bridgehead atoms. The van der Waals surface area contributed by atoms with Crippen LogP contribution in [0.2, 0.25) is 0 Å². The molecular formula is C28H25BrF4N2O6S. The van der Waals surface area contributed by atoms with Gasteiger partial charge in [0, 0.05) is 13.1 Å². The van der Waals surface area contributed by atoms with Gasteiger partial charge in [0.15, 0.2) is 0 Å². The number of benzene rings is 3. The summed E-state index contributed by atoms with van der Waals surface area (Å²) in [6.07, 6.45) is -3.75. The number of carboxylic acids is 1. The van der Waals surface area contributed by atoms with E-state index in [4.69, 9.17) is 0 Å². The van der Waals surface area contributed by atoms with Crippen molar-refractivity contribution in [1.82, 2.24) is 0 Å². The van der Waals surface area contributed by atoms with Gasteiger partial charge in [0.05, 0.1) is 38.1 Å². The van der Waals surface area contributed by atoms with Crippen molar-refractivity contribution >= 4 is 49.2 Å². The molecule has 224 valence electrons. The number of hydrogen-bond acceptors (Lipinski definition) is 5. The van der Waals surface area contributed by atoms with Gasteiger partial charge < -0.3 is 15.5 Å². The first-order valence-corrected chi connectivity index (χ1v) is 14.8. The number of anilines is 2. The molecule has 0 saturated heterocycles. The number of phenols is 1. The van der Waals surface area contributed by atoms with Crippen molar-refractivity contribution in [3.63, 3.8) is 0 Å². The van der Waals surface area contributed by atoms with Crippen LogP contribution in [-0.4, -0.2) is 37.6 Å². The Balaban J connectivity index is 1.55. The van der Waals surface area contributed by atoms with Crippen molar-refractivity contribution in [3.8, 4) is 5.75 Å². The molecule has 0 aliphatic heterocycles. The van der Waals surface area contributed by atoms with Gasteiger partial charge in [-0.3, -0.25) is 13.9 Å². The van der Waals surface area contributed by atoms with Gasteiger partial charge >= 0.3 is 12.1 Å². The fraction of sp³-hybridized carbons (Fsp3) is 0.286. The minimum atomic E-state index is -4.77. The summed E-state index contributed by atoms with van der Waals surface area (Å²) >= 11 is 3.10. The third-order valence-corrected chi connectivity index (χ3v) is 9.79. The molecule has 4 rings (SSSR count). The maximum atomic E-state index is 14.3. The zero-order valence-electron chi connectivity index (χ0n) is 21.9. The number of carbonyl (C=O) groups is 2. The Kier molecular flexibility index (Phi) is 8.88. The van der Waals surface area contributed by atoms with Crippen molar-refractivity contribution in [2.24, 2.45) is 11.8 Å². The molecule has 8 nitrogen and oxygen atoms in total. The van der Waals surface area contributed by atoms with E-state index in [0.717, 1.165) is 16.4 Å². The molecule has 3 atom stereocenters. The Morgan fingerprint density at radius 3 is 2.26 bits per heavy atom. The highest BCUT2D eigenvalue weighted by Gasteiger charge is 2.43. The van der Waals surface area contributed by atoms with Crippen LogP contribution in [0.5, 0.6) is 5.75 Å². The summed E-state index contributed by atoms with van der Waals surface area (Å²) in [4.78, 5) is 25.3. The van der Waals surface area contributed by atoms with E-state index in [-0.39, 0.29) is 28.8 Å². The van der Waals surface area contributed by atoms with Gasteiger partial charge in [0.2, 0.25) is 5.91 Å². The van der Waals surface area contributed by atoms with E-state index in [1.165, 1.54) is 31.3 Å². The van der Waals surface area contributed by atoms with Gasteiger partial charge in [-0.1, -0.05) is 18.6 Å². The van der Waals surface area contributed by atoms with E-state index < -0.39 is 62.9 Å². The lowest BCUT2D eigenvalue weighted by Crippen LogP contribution is -2.40. The third kappa shape index (κ3) is 6.38. The quantitative estimate of drug-likeness (QED) is 0.251. The number of phenolic OH excluding ortho intramolecular Hbond substituents is 1. The van der Waals surface area contributed by atoms with Gasteiger partial charge in [-0.2, -0.15) is 13.2 Å². The molecule has 1 aliphatic carbocycles.